The first-order chi connectivity index (χ1) is 8.24. The van der Waals surface area contributed by atoms with Crippen LogP contribution >= 0.6 is 0 Å². The van der Waals surface area contributed by atoms with Gasteiger partial charge in [0.05, 0.1) is 0 Å². The Kier molecular flexibility index (Phi) is 5.02. The summed E-state index contributed by atoms with van der Waals surface area (Å²) in [6, 6.07) is 9.93. The van der Waals surface area contributed by atoms with E-state index >= 15 is 0 Å². The molecule has 0 aliphatic heterocycles. The summed E-state index contributed by atoms with van der Waals surface area (Å²) in [5, 5.41) is 12.0. The smallest absolute Gasteiger partial charge is 0.123 e. The Morgan fingerprint density at radius 1 is 1.06 bits per heavy atom. The molecule has 0 aromatic heterocycles. The number of hydrogen-bond donors (Lipinski definition) is 1. The monoisotopic (exact) mass is 230 g/mol. The Labute approximate surface area is 104 Å². The molecule has 17 heavy (non-hydrogen) atoms. The predicted octanol–water partition coefficient (Wildman–Crippen LogP) is 4.83. The third-order valence-corrected chi connectivity index (χ3v) is 2.86. The van der Waals surface area contributed by atoms with Gasteiger partial charge in [0, 0.05) is 5.39 Å². The number of phenolic OH excluding ortho intramolecular Hbond substituents is 1. The molecule has 2 aromatic rings. The molecule has 1 heteroatoms. The molecular weight excluding hydrogens is 208 g/mol. The van der Waals surface area contributed by atoms with E-state index in [9.17, 15) is 5.11 Å². The van der Waals surface area contributed by atoms with Crippen LogP contribution in [0, 0.1) is 6.92 Å². The summed E-state index contributed by atoms with van der Waals surface area (Å²) < 4.78 is 0. The Balaban J connectivity index is 0.000000686. The molecule has 0 fully saturated rings. The minimum absolute atomic E-state index is 0.392. The zero-order chi connectivity index (χ0) is 12.8. The molecule has 0 atom stereocenters. The minimum Gasteiger partial charge on any atom is -0.507 e. The summed E-state index contributed by atoms with van der Waals surface area (Å²) in [7, 11) is 0. The SMILES string of the molecule is CC.CCCc1c(C)cc(O)c2ccccc12. The van der Waals surface area contributed by atoms with Crippen LogP contribution in [0.25, 0.3) is 10.8 Å². The van der Waals surface area contributed by atoms with Crippen molar-refractivity contribution < 1.29 is 5.11 Å². The van der Waals surface area contributed by atoms with Crippen LogP contribution in [0.15, 0.2) is 30.3 Å². The molecular formula is C16H22O. The van der Waals surface area contributed by atoms with Gasteiger partial charge in [-0.05, 0) is 35.9 Å². The van der Waals surface area contributed by atoms with Crippen LogP contribution in [-0.2, 0) is 6.42 Å². The van der Waals surface area contributed by atoms with Crippen molar-refractivity contribution in [1.29, 1.82) is 0 Å². The molecule has 0 heterocycles. The molecule has 92 valence electrons. The van der Waals surface area contributed by atoms with E-state index < -0.39 is 0 Å². The zero-order valence-electron chi connectivity index (χ0n) is 11.2. The number of benzene rings is 2. The number of rotatable bonds is 2. The molecule has 0 saturated heterocycles. The van der Waals surface area contributed by atoms with Gasteiger partial charge in [0.25, 0.3) is 0 Å². The third kappa shape index (κ3) is 2.79. The first-order valence-electron chi connectivity index (χ1n) is 6.44. The molecule has 0 aliphatic carbocycles. The summed E-state index contributed by atoms with van der Waals surface area (Å²) in [4.78, 5) is 0. The first-order valence-corrected chi connectivity index (χ1v) is 6.44. The Bertz CT molecular complexity index is 486. The van der Waals surface area contributed by atoms with Crippen LogP contribution in [0.1, 0.15) is 38.3 Å². The second-order valence-corrected chi connectivity index (χ2v) is 3.99. The zero-order valence-corrected chi connectivity index (χ0v) is 11.2. The normalized spacial score (nSPS) is 9.88. The van der Waals surface area contributed by atoms with Gasteiger partial charge in [0.15, 0.2) is 0 Å². The maximum absolute atomic E-state index is 9.84. The van der Waals surface area contributed by atoms with Gasteiger partial charge in [-0.3, -0.25) is 0 Å². The molecule has 0 amide bonds. The quantitative estimate of drug-likeness (QED) is 0.783. The molecule has 1 N–H and O–H groups in total. The van der Waals surface area contributed by atoms with Crippen LogP contribution in [-0.4, -0.2) is 5.11 Å². The first kappa shape index (κ1) is 13.6. The average molecular weight is 230 g/mol. The Morgan fingerprint density at radius 2 is 1.65 bits per heavy atom. The van der Waals surface area contributed by atoms with Crippen LogP contribution in [0.5, 0.6) is 5.75 Å². The van der Waals surface area contributed by atoms with E-state index in [2.05, 4.69) is 19.9 Å². The minimum atomic E-state index is 0.392. The highest BCUT2D eigenvalue weighted by molar-refractivity contribution is 5.91. The van der Waals surface area contributed by atoms with E-state index in [-0.39, 0.29) is 0 Å². The molecule has 0 unspecified atom stereocenters. The van der Waals surface area contributed by atoms with Gasteiger partial charge in [-0.2, -0.15) is 0 Å². The van der Waals surface area contributed by atoms with Gasteiger partial charge in [-0.1, -0.05) is 51.5 Å². The number of hydrogen-bond acceptors (Lipinski definition) is 1. The fraction of sp³-hybridized carbons (Fsp3) is 0.375. The van der Waals surface area contributed by atoms with E-state index in [1.807, 2.05) is 38.1 Å². The topological polar surface area (TPSA) is 20.2 Å². The summed E-state index contributed by atoms with van der Waals surface area (Å²) in [5.41, 5.74) is 2.55. The van der Waals surface area contributed by atoms with Crippen molar-refractivity contribution in [3.63, 3.8) is 0 Å². The molecule has 0 bridgehead atoms. The van der Waals surface area contributed by atoms with Crippen molar-refractivity contribution in [1.82, 2.24) is 0 Å². The van der Waals surface area contributed by atoms with Crippen LogP contribution in [0.4, 0.5) is 0 Å². The lowest BCUT2D eigenvalue weighted by atomic mass is 9.96. The fourth-order valence-corrected chi connectivity index (χ4v) is 2.13. The van der Waals surface area contributed by atoms with E-state index in [0.29, 0.717) is 5.75 Å². The summed E-state index contributed by atoms with van der Waals surface area (Å²) in [6.45, 7) is 8.25. The van der Waals surface area contributed by atoms with Crippen molar-refractivity contribution >= 4 is 10.8 Å². The van der Waals surface area contributed by atoms with Crippen molar-refractivity contribution in [3.8, 4) is 5.75 Å². The highest BCUT2D eigenvalue weighted by Crippen LogP contribution is 2.30. The maximum Gasteiger partial charge on any atom is 0.123 e. The Morgan fingerprint density at radius 3 is 2.24 bits per heavy atom. The standard InChI is InChI=1S/C14H16O.C2H6/c1-3-6-11-10(2)9-14(15)13-8-5-4-7-12(11)13;1-2/h4-5,7-9,15H,3,6H2,1-2H3;1-2H3. The van der Waals surface area contributed by atoms with Gasteiger partial charge in [0.1, 0.15) is 5.75 Å². The molecule has 2 aromatic carbocycles. The van der Waals surface area contributed by atoms with Gasteiger partial charge in [0.2, 0.25) is 0 Å². The van der Waals surface area contributed by atoms with Gasteiger partial charge in [-0.25, -0.2) is 0 Å². The Hall–Kier alpha value is -1.50. The van der Waals surface area contributed by atoms with Crippen molar-refractivity contribution in [3.05, 3.63) is 41.5 Å². The molecule has 0 spiro atoms. The highest BCUT2D eigenvalue weighted by atomic mass is 16.3. The van der Waals surface area contributed by atoms with E-state index in [0.717, 1.165) is 18.2 Å². The van der Waals surface area contributed by atoms with Crippen molar-refractivity contribution in [2.75, 3.05) is 0 Å². The lowest BCUT2D eigenvalue weighted by Gasteiger charge is -2.10. The van der Waals surface area contributed by atoms with Crippen LogP contribution in [0.3, 0.4) is 0 Å². The lowest BCUT2D eigenvalue weighted by Crippen LogP contribution is -1.91. The third-order valence-electron chi connectivity index (χ3n) is 2.86. The van der Waals surface area contributed by atoms with Gasteiger partial charge >= 0.3 is 0 Å². The van der Waals surface area contributed by atoms with Crippen molar-refractivity contribution in [2.45, 2.75) is 40.5 Å². The van der Waals surface area contributed by atoms with E-state index in [1.165, 1.54) is 16.5 Å². The number of phenols is 1. The van der Waals surface area contributed by atoms with Crippen molar-refractivity contribution in [2.24, 2.45) is 0 Å². The second-order valence-electron chi connectivity index (χ2n) is 3.99. The largest absolute Gasteiger partial charge is 0.507 e. The predicted molar refractivity (Wildman–Crippen MR) is 75.7 cm³/mol. The lowest BCUT2D eigenvalue weighted by molar-refractivity contribution is 0.481. The fourth-order valence-electron chi connectivity index (χ4n) is 2.13. The molecule has 2 rings (SSSR count). The maximum atomic E-state index is 9.84. The van der Waals surface area contributed by atoms with Gasteiger partial charge in [-0.15, -0.1) is 0 Å². The van der Waals surface area contributed by atoms with Gasteiger partial charge < -0.3 is 5.11 Å². The number of aryl methyl sites for hydroxylation is 2. The molecule has 0 radical (unpaired) electrons. The average Bonchev–Trinajstić information content (AvgIpc) is 2.37. The molecule has 1 nitrogen and oxygen atoms in total. The molecule has 0 saturated carbocycles. The summed E-state index contributed by atoms with van der Waals surface area (Å²) in [6.07, 6.45) is 2.21. The number of fused-ring (bicyclic) bond motifs is 1. The van der Waals surface area contributed by atoms with Crippen LogP contribution in [0.2, 0.25) is 0 Å². The van der Waals surface area contributed by atoms with Crippen LogP contribution < -0.4 is 0 Å². The summed E-state index contributed by atoms with van der Waals surface area (Å²) in [5.74, 6) is 0.392. The molecule has 0 aliphatic rings. The summed E-state index contributed by atoms with van der Waals surface area (Å²) >= 11 is 0. The van der Waals surface area contributed by atoms with E-state index in [1.54, 1.807) is 0 Å². The number of aromatic hydroxyl groups is 1. The highest BCUT2D eigenvalue weighted by Gasteiger charge is 2.07. The van der Waals surface area contributed by atoms with E-state index in [4.69, 9.17) is 0 Å². The second kappa shape index (κ2) is 6.29.